The van der Waals surface area contributed by atoms with Gasteiger partial charge in [0.25, 0.3) is 0 Å². The first kappa shape index (κ1) is 16.7. The van der Waals surface area contributed by atoms with Gasteiger partial charge in [-0.1, -0.05) is 48.5 Å². The molecule has 0 fully saturated rings. The summed E-state index contributed by atoms with van der Waals surface area (Å²) in [7, 11) is 0. The van der Waals surface area contributed by atoms with Crippen LogP contribution in [0.25, 0.3) is 10.8 Å². The van der Waals surface area contributed by atoms with Crippen molar-refractivity contribution in [1.29, 1.82) is 5.26 Å². The Morgan fingerprint density at radius 2 is 1.92 bits per heavy atom. The van der Waals surface area contributed by atoms with E-state index < -0.39 is 0 Å². The molecule has 2 aromatic carbocycles. The lowest BCUT2D eigenvalue weighted by Crippen LogP contribution is -2.32. The van der Waals surface area contributed by atoms with Gasteiger partial charge in [-0.25, -0.2) is 0 Å². The van der Waals surface area contributed by atoms with Crippen molar-refractivity contribution in [1.82, 2.24) is 9.88 Å². The number of hydrogen-bond donors (Lipinski definition) is 0. The summed E-state index contributed by atoms with van der Waals surface area (Å²) in [4.78, 5) is 18.7. The van der Waals surface area contributed by atoms with Gasteiger partial charge < -0.3 is 4.90 Å². The Balaban J connectivity index is 1.80. The number of nitrogens with zero attached hydrogens (tertiary/aromatic N) is 3. The van der Waals surface area contributed by atoms with Gasteiger partial charge in [-0.3, -0.25) is 9.78 Å². The van der Waals surface area contributed by atoms with Crippen molar-refractivity contribution >= 4 is 16.7 Å². The summed E-state index contributed by atoms with van der Waals surface area (Å²) in [6.07, 6.45) is 4.11. The van der Waals surface area contributed by atoms with Crippen LogP contribution in [0, 0.1) is 11.3 Å². The number of fused-ring (bicyclic) bond motifs is 1. The monoisotopic (exact) mass is 329 g/mol. The van der Waals surface area contributed by atoms with E-state index in [1.54, 1.807) is 17.3 Å². The molecule has 3 aromatic rings. The van der Waals surface area contributed by atoms with Crippen molar-refractivity contribution in [2.45, 2.75) is 19.4 Å². The maximum atomic E-state index is 12.9. The second-order valence-electron chi connectivity index (χ2n) is 5.90. The zero-order valence-corrected chi connectivity index (χ0v) is 13.9. The average Bonchev–Trinajstić information content (AvgIpc) is 2.66. The molecule has 4 nitrogen and oxygen atoms in total. The first-order valence-electron chi connectivity index (χ1n) is 8.28. The number of aromatic nitrogens is 1. The average molecular weight is 329 g/mol. The highest BCUT2D eigenvalue weighted by Crippen LogP contribution is 2.20. The Kier molecular flexibility index (Phi) is 5.38. The molecular formula is C21H19N3O. The molecule has 0 spiro atoms. The van der Waals surface area contributed by atoms with Gasteiger partial charge in [0.2, 0.25) is 5.91 Å². The molecule has 1 amide bonds. The first-order chi connectivity index (χ1) is 12.3. The Hall–Kier alpha value is -3.19. The predicted molar refractivity (Wildman–Crippen MR) is 97.5 cm³/mol. The lowest BCUT2D eigenvalue weighted by molar-refractivity contribution is -0.131. The Labute approximate surface area is 147 Å². The van der Waals surface area contributed by atoms with E-state index in [1.165, 1.54) is 0 Å². The number of benzene rings is 2. The zero-order valence-electron chi connectivity index (χ0n) is 13.9. The van der Waals surface area contributed by atoms with Crippen molar-refractivity contribution in [3.63, 3.8) is 0 Å². The molecule has 0 saturated heterocycles. The van der Waals surface area contributed by atoms with Gasteiger partial charge >= 0.3 is 0 Å². The summed E-state index contributed by atoms with van der Waals surface area (Å²) in [5.41, 5.74) is 1.97. The van der Waals surface area contributed by atoms with Gasteiger partial charge in [-0.05, 0) is 28.0 Å². The molecule has 4 heteroatoms. The summed E-state index contributed by atoms with van der Waals surface area (Å²) in [6, 6.07) is 20.0. The van der Waals surface area contributed by atoms with Crippen LogP contribution in [0.5, 0.6) is 0 Å². The van der Waals surface area contributed by atoms with Crippen LogP contribution < -0.4 is 0 Å². The van der Waals surface area contributed by atoms with Crippen molar-refractivity contribution in [2.75, 3.05) is 6.54 Å². The van der Waals surface area contributed by atoms with Crippen molar-refractivity contribution in [3.8, 4) is 6.07 Å². The number of carbonyl (C=O) groups excluding carboxylic acids is 1. The molecule has 124 valence electrons. The molecule has 3 rings (SSSR count). The fraction of sp³-hybridized carbons (Fsp3) is 0.190. The summed E-state index contributed by atoms with van der Waals surface area (Å²) in [6.45, 7) is 0.897. The third-order valence-electron chi connectivity index (χ3n) is 4.16. The minimum absolute atomic E-state index is 0.0236. The quantitative estimate of drug-likeness (QED) is 0.692. The van der Waals surface area contributed by atoms with Gasteiger partial charge in [0.15, 0.2) is 0 Å². The number of amides is 1. The van der Waals surface area contributed by atoms with Crippen LogP contribution in [0.3, 0.4) is 0 Å². The molecule has 0 aliphatic carbocycles. The highest BCUT2D eigenvalue weighted by molar-refractivity contribution is 5.90. The van der Waals surface area contributed by atoms with Gasteiger partial charge in [-0.15, -0.1) is 0 Å². The Morgan fingerprint density at radius 3 is 2.72 bits per heavy atom. The maximum absolute atomic E-state index is 12.9. The summed E-state index contributed by atoms with van der Waals surface area (Å²) in [5, 5.41) is 11.1. The molecule has 0 atom stereocenters. The van der Waals surface area contributed by atoms with Crippen LogP contribution in [-0.2, 0) is 17.8 Å². The fourth-order valence-corrected chi connectivity index (χ4v) is 2.91. The molecule has 0 N–H and O–H groups in total. The van der Waals surface area contributed by atoms with E-state index in [4.69, 9.17) is 5.26 Å². The molecule has 0 radical (unpaired) electrons. The van der Waals surface area contributed by atoms with Crippen LogP contribution >= 0.6 is 0 Å². The third-order valence-corrected chi connectivity index (χ3v) is 4.16. The smallest absolute Gasteiger partial charge is 0.227 e. The van der Waals surface area contributed by atoms with E-state index in [0.29, 0.717) is 25.9 Å². The number of nitriles is 1. The molecule has 1 heterocycles. The zero-order chi connectivity index (χ0) is 17.5. The second kappa shape index (κ2) is 8.07. The molecule has 1 aromatic heterocycles. The van der Waals surface area contributed by atoms with E-state index in [9.17, 15) is 4.79 Å². The van der Waals surface area contributed by atoms with E-state index >= 15 is 0 Å². The van der Waals surface area contributed by atoms with Crippen LogP contribution in [0.2, 0.25) is 0 Å². The highest BCUT2D eigenvalue weighted by Gasteiger charge is 2.15. The third kappa shape index (κ3) is 4.21. The number of carbonyl (C=O) groups is 1. The molecule has 0 saturated carbocycles. The lowest BCUT2D eigenvalue weighted by atomic mass is 10.0. The summed E-state index contributed by atoms with van der Waals surface area (Å²) >= 11 is 0. The summed E-state index contributed by atoms with van der Waals surface area (Å²) in [5.74, 6) is 0.0236. The lowest BCUT2D eigenvalue weighted by Gasteiger charge is -2.22. The normalized spacial score (nSPS) is 10.4. The molecule has 0 aliphatic heterocycles. The minimum Gasteiger partial charge on any atom is -0.337 e. The molecule has 0 aliphatic rings. The largest absolute Gasteiger partial charge is 0.337 e. The maximum Gasteiger partial charge on any atom is 0.227 e. The van der Waals surface area contributed by atoms with Crippen LogP contribution in [0.15, 0.2) is 67.0 Å². The molecule has 0 unspecified atom stereocenters. The molecule has 0 bridgehead atoms. The van der Waals surface area contributed by atoms with E-state index in [-0.39, 0.29) is 5.91 Å². The SMILES string of the molecule is N#CCCN(Cc1cccnc1)C(=O)Cc1cccc2ccccc12. The standard InChI is InChI=1S/C21H19N3O/c22-11-5-13-24(16-17-6-4-12-23-15-17)21(25)14-19-9-3-8-18-7-1-2-10-20(18)19/h1-4,6-10,12,15H,5,13-14,16H2. The van der Waals surface area contributed by atoms with Crippen LogP contribution in [-0.4, -0.2) is 22.3 Å². The predicted octanol–water partition coefficient (Wildman–Crippen LogP) is 3.72. The van der Waals surface area contributed by atoms with Gasteiger partial charge in [0.1, 0.15) is 0 Å². The van der Waals surface area contributed by atoms with E-state index in [0.717, 1.165) is 21.9 Å². The van der Waals surface area contributed by atoms with Crippen LogP contribution in [0.1, 0.15) is 17.5 Å². The molecular weight excluding hydrogens is 310 g/mol. The van der Waals surface area contributed by atoms with Gasteiger partial charge in [-0.2, -0.15) is 5.26 Å². The van der Waals surface area contributed by atoms with Crippen LogP contribution in [0.4, 0.5) is 0 Å². The van der Waals surface area contributed by atoms with Gasteiger partial charge in [0.05, 0.1) is 18.9 Å². The Bertz CT molecular complexity index is 894. The highest BCUT2D eigenvalue weighted by atomic mass is 16.2. The number of pyridine rings is 1. The van der Waals surface area contributed by atoms with E-state index in [2.05, 4.69) is 11.1 Å². The number of hydrogen-bond acceptors (Lipinski definition) is 3. The fourth-order valence-electron chi connectivity index (χ4n) is 2.91. The van der Waals surface area contributed by atoms with Gasteiger partial charge in [0, 0.05) is 25.5 Å². The Morgan fingerprint density at radius 1 is 1.08 bits per heavy atom. The minimum atomic E-state index is 0.0236. The number of rotatable bonds is 6. The van der Waals surface area contributed by atoms with Crippen molar-refractivity contribution in [2.24, 2.45) is 0 Å². The summed E-state index contributed by atoms with van der Waals surface area (Å²) < 4.78 is 0. The second-order valence-corrected chi connectivity index (χ2v) is 5.90. The molecule has 25 heavy (non-hydrogen) atoms. The van der Waals surface area contributed by atoms with Crippen molar-refractivity contribution in [3.05, 3.63) is 78.1 Å². The topological polar surface area (TPSA) is 57.0 Å². The first-order valence-corrected chi connectivity index (χ1v) is 8.28. The van der Waals surface area contributed by atoms with E-state index in [1.807, 2.05) is 54.6 Å². The van der Waals surface area contributed by atoms with Crippen molar-refractivity contribution < 1.29 is 4.79 Å².